The number of carbonyl (C=O) groups excluding carboxylic acids is 1. The van der Waals surface area contributed by atoms with Crippen LogP contribution in [0.3, 0.4) is 0 Å². The summed E-state index contributed by atoms with van der Waals surface area (Å²) in [4.78, 5) is 21.3. The van der Waals surface area contributed by atoms with Gasteiger partial charge in [0.05, 0.1) is 12.3 Å². The summed E-state index contributed by atoms with van der Waals surface area (Å²) in [5.74, 6) is -4.90. The normalized spacial score (nSPS) is 14.9. The van der Waals surface area contributed by atoms with Crippen LogP contribution >= 0.6 is 0 Å². The average molecular weight is 296 g/mol. The molecule has 4 nitrogen and oxygen atoms in total. The first-order valence-electron chi connectivity index (χ1n) is 4.80. The van der Waals surface area contributed by atoms with E-state index < -0.39 is 42.2 Å². The van der Waals surface area contributed by atoms with Gasteiger partial charge in [0.2, 0.25) is 0 Å². The summed E-state index contributed by atoms with van der Waals surface area (Å²) in [6.45, 7) is 0.610. The fourth-order valence-electron chi connectivity index (χ4n) is 0.883. The molecule has 112 valence electrons. The standard InChI is InChI=1S/C9H10F6O4/c1-4(6(17)18)3-5(16)19-7(2,8(10,11)12)9(13,14)15/h4H,3H2,1-2H3,(H,17,18)/t4-/m0/s1. The highest BCUT2D eigenvalue weighted by molar-refractivity contribution is 5.78. The van der Waals surface area contributed by atoms with Crippen molar-refractivity contribution >= 4 is 11.9 Å². The van der Waals surface area contributed by atoms with Crippen molar-refractivity contribution in [2.24, 2.45) is 5.92 Å². The Morgan fingerprint density at radius 3 is 1.74 bits per heavy atom. The Hall–Kier alpha value is -1.48. The largest absolute Gasteiger partial charge is 0.481 e. The first kappa shape index (κ1) is 17.5. The lowest BCUT2D eigenvalue weighted by atomic mass is 10.0. The molecule has 19 heavy (non-hydrogen) atoms. The second-order valence-electron chi connectivity index (χ2n) is 3.95. The third-order valence-corrected chi connectivity index (χ3v) is 2.29. The summed E-state index contributed by atoms with van der Waals surface area (Å²) in [5.41, 5.74) is -4.67. The maximum atomic E-state index is 12.3. The first-order valence-corrected chi connectivity index (χ1v) is 4.80. The van der Waals surface area contributed by atoms with Crippen LogP contribution in [0.5, 0.6) is 0 Å². The minimum Gasteiger partial charge on any atom is -0.481 e. The van der Waals surface area contributed by atoms with Crippen LogP contribution in [0, 0.1) is 5.92 Å². The lowest BCUT2D eigenvalue weighted by molar-refractivity contribution is -0.363. The summed E-state index contributed by atoms with van der Waals surface area (Å²) < 4.78 is 77.5. The highest BCUT2D eigenvalue weighted by Crippen LogP contribution is 2.45. The van der Waals surface area contributed by atoms with Crippen molar-refractivity contribution in [3.63, 3.8) is 0 Å². The molecule has 0 fully saturated rings. The van der Waals surface area contributed by atoms with E-state index in [-0.39, 0.29) is 6.92 Å². The number of halogens is 6. The third-order valence-electron chi connectivity index (χ3n) is 2.29. The van der Waals surface area contributed by atoms with Gasteiger partial charge in [-0.05, 0) is 6.92 Å². The van der Waals surface area contributed by atoms with Crippen LogP contribution in [0.15, 0.2) is 0 Å². The van der Waals surface area contributed by atoms with Crippen molar-refractivity contribution in [1.29, 1.82) is 0 Å². The number of esters is 1. The van der Waals surface area contributed by atoms with Crippen LogP contribution in [0.1, 0.15) is 20.3 Å². The van der Waals surface area contributed by atoms with Crippen molar-refractivity contribution in [1.82, 2.24) is 0 Å². The Bertz CT molecular complexity index is 345. The monoisotopic (exact) mass is 296 g/mol. The molecule has 0 rings (SSSR count). The van der Waals surface area contributed by atoms with Gasteiger partial charge in [0.1, 0.15) is 0 Å². The average Bonchev–Trinajstić information content (AvgIpc) is 2.13. The zero-order valence-electron chi connectivity index (χ0n) is 9.72. The van der Waals surface area contributed by atoms with Gasteiger partial charge in [0.25, 0.3) is 5.60 Å². The van der Waals surface area contributed by atoms with Gasteiger partial charge in [-0.2, -0.15) is 26.3 Å². The second kappa shape index (κ2) is 5.25. The van der Waals surface area contributed by atoms with E-state index in [2.05, 4.69) is 4.74 Å². The molecule has 0 spiro atoms. The number of aliphatic carboxylic acids is 1. The minimum atomic E-state index is -5.87. The van der Waals surface area contributed by atoms with E-state index in [0.717, 1.165) is 6.92 Å². The number of alkyl halides is 6. The lowest BCUT2D eigenvalue weighted by Gasteiger charge is -2.33. The van der Waals surface area contributed by atoms with Crippen molar-refractivity contribution in [3.8, 4) is 0 Å². The second-order valence-corrected chi connectivity index (χ2v) is 3.95. The van der Waals surface area contributed by atoms with Gasteiger partial charge in [-0.3, -0.25) is 9.59 Å². The molecule has 0 radical (unpaired) electrons. The van der Waals surface area contributed by atoms with Crippen LogP contribution in [0.2, 0.25) is 0 Å². The molecule has 0 aromatic rings. The molecule has 1 N–H and O–H groups in total. The zero-order valence-corrected chi connectivity index (χ0v) is 9.72. The predicted molar refractivity (Wildman–Crippen MR) is 48.0 cm³/mol. The van der Waals surface area contributed by atoms with Crippen molar-refractivity contribution < 1.29 is 45.8 Å². The number of hydrogen-bond acceptors (Lipinski definition) is 3. The molecule has 0 amide bonds. The summed E-state index contributed by atoms with van der Waals surface area (Å²) in [6.07, 6.45) is -12.8. The van der Waals surface area contributed by atoms with Gasteiger partial charge in [0.15, 0.2) is 0 Å². The number of ether oxygens (including phenoxy) is 1. The van der Waals surface area contributed by atoms with Crippen LogP contribution in [-0.2, 0) is 14.3 Å². The molecular formula is C9H10F6O4. The molecule has 0 aromatic carbocycles. The lowest BCUT2D eigenvalue weighted by Crippen LogP contribution is -2.57. The van der Waals surface area contributed by atoms with Gasteiger partial charge in [0, 0.05) is 0 Å². The SMILES string of the molecule is C[C@@H](CC(=O)OC(C)(C(F)(F)F)C(F)(F)F)C(=O)O. The third kappa shape index (κ3) is 4.00. The molecule has 0 aliphatic rings. The predicted octanol–water partition coefficient (Wildman–Crippen LogP) is 2.52. The fourth-order valence-corrected chi connectivity index (χ4v) is 0.883. The van der Waals surface area contributed by atoms with Gasteiger partial charge in [-0.15, -0.1) is 0 Å². The van der Waals surface area contributed by atoms with Gasteiger partial charge in [-0.25, -0.2) is 0 Å². The highest BCUT2D eigenvalue weighted by Gasteiger charge is 2.71. The first-order chi connectivity index (χ1) is 8.22. The van der Waals surface area contributed by atoms with Crippen LogP contribution in [-0.4, -0.2) is 35.0 Å². The highest BCUT2D eigenvalue weighted by atomic mass is 19.4. The maximum Gasteiger partial charge on any atom is 0.437 e. The zero-order chi connectivity index (χ0) is 15.6. The summed E-state index contributed by atoms with van der Waals surface area (Å²) in [6, 6.07) is 0. The molecule has 0 saturated heterocycles. The van der Waals surface area contributed by atoms with Gasteiger partial charge in [-0.1, -0.05) is 6.92 Å². The molecule has 0 aliphatic carbocycles. The number of hydrogen-bond donors (Lipinski definition) is 1. The summed E-state index contributed by atoms with van der Waals surface area (Å²) in [7, 11) is 0. The van der Waals surface area contributed by atoms with Crippen molar-refractivity contribution in [2.75, 3.05) is 0 Å². The van der Waals surface area contributed by atoms with E-state index in [9.17, 15) is 35.9 Å². The Kier molecular flexibility index (Phi) is 4.84. The molecule has 0 aliphatic heterocycles. The Morgan fingerprint density at radius 2 is 1.47 bits per heavy atom. The fraction of sp³-hybridized carbons (Fsp3) is 0.778. The number of carboxylic acid groups (broad SMARTS) is 1. The van der Waals surface area contributed by atoms with Gasteiger partial charge >= 0.3 is 24.3 Å². The Balaban J connectivity index is 5.08. The molecule has 10 heteroatoms. The van der Waals surface area contributed by atoms with E-state index in [1.807, 2.05) is 0 Å². The Labute approximate surface area is 103 Å². The van der Waals surface area contributed by atoms with E-state index in [0.29, 0.717) is 0 Å². The number of carbonyl (C=O) groups is 2. The van der Waals surface area contributed by atoms with Crippen molar-refractivity contribution in [2.45, 2.75) is 38.2 Å². The topological polar surface area (TPSA) is 63.6 Å². The molecular weight excluding hydrogens is 286 g/mol. The summed E-state index contributed by atoms with van der Waals surface area (Å²) >= 11 is 0. The molecule has 0 heterocycles. The van der Waals surface area contributed by atoms with E-state index in [4.69, 9.17) is 5.11 Å². The van der Waals surface area contributed by atoms with Crippen LogP contribution in [0.25, 0.3) is 0 Å². The molecule has 0 bridgehead atoms. The molecule has 0 unspecified atom stereocenters. The quantitative estimate of drug-likeness (QED) is 0.639. The van der Waals surface area contributed by atoms with E-state index in [1.54, 1.807) is 0 Å². The Morgan fingerprint density at radius 1 is 1.11 bits per heavy atom. The number of rotatable bonds is 4. The summed E-state index contributed by atoms with van der Waals surface area (Å²) in [5, 5.41) is 8.40. The molecule has 1 atom stereocenters. The molecule has 0 aromatic heterocycles. The minimum absolute atomic E-state index is 0.337. The molecule has 0 saturated carbocycles. The van der Waals surface area contributed by atoms with E-state index >= 15 is 0 Å². The number of carboxylic acids is 1. The van der Waals surface area contributed by atoms with Gasteiger partial charge < -0.3 is 9.84 Å². The van der Waals surface area contributed by atoms with Crippen LogP contribution < -0.4 is 0 Å². The smallest absolute Gasteiger partial charge is 0.437 e. The van der Waals surface area contributed by atoms with Crippen LogP contribution in [0.4, 0.5) is 26.3 Å². The maximum absolute atomic E-state index is 12.3. The van der Waals surface area contributed by atoms with E-state index in [1.165, 1.54) is 0 Å². The van der Waals surface area contributed by atoms with Crippen molar-refractivity contribution in [3.05, 3.63) is 0 Å².